The number of unbranched alkanes of at least 4 members (excludes halogenated alkanes) is 2. The highest BCUT2D eigenvalue weighted by Gasteiger charge is 2.73. The second kappa shape index (κ2) is 10.9. The van der Waals surface area contributed by atoms with Crippen LogP contribution in [0, 0.1) is 11.8 Å². The highest BCUT2D eigenvalue weighted by atomic mass is 32.2. The molecule has 1 unspecified atom stereocenters. The zero-order chi connectivity index (χ0) is 26.9. The van der Waals surface area contributed by atoms with E-state index >= 15 is 0 Å². The Morgan fingerprint density at radius 2 is 1.63 bits per heavy atom. The summed E-state index contributed by atoms with van der Waals surface area (Å²) in [5, 5.41) is 9.26. The van der Waals surface area contributed by atoms with Gasteiger partial charge in [0.25, 0.3) is 0 Å². The van der Waals surface area contributed by atoms with Crippen LogP contribution in [-0.2, 0) is 20.9 Å². The largest absolute Gasteiger partial charge is 0.396 e. The number of likely N-dealkylation sites (tertiary alicyclic amines) is 1. The molecule has 0 aliphatic carbocycles. The number of nitrogens with zero attached hydrogens (tertiary/aromatic N) is 3. The smallest absolute Gasteiger partial charge is 0.247 e. The van der Waals surface area contributed by atoms with E-state index in [4.69, 9.17) is 0 Å². The minimum absolute atomic E-state index is 0.0224. The van der Waals surface area contributed by atoms with Gasteiger partial charge in [0.1, 0.15) is 6.04 Å². The van der Waals surface area contributed by atoms with E-state index in [0.29, 0.717) is 45.6 Å². The van der Waals surface area contributed by atoms with Gasteiger partial charge in [-0.15, -0.1) is 11.8 Å². The highest BCUT2D eigenvalue weighted by molar-refractivity contribution is 8.02. The van der Waals surface area contributed by atoms with Crippen LogP contribution in [0.1, 0.15) is 45.1 Å². The van der Waals surface area contributed by atoms with Crippen LogP contribution in [-0.4, -0.2) is 85.8 Å². The molecule has 5 atom stereocenters. The van der Waals surface area contributed by atoms with E-state index in [9.17, 15) is 19.5 Å². The normalized spacial score (nSPS) is 32.3. The third kappa shape index (κ3) is 4.49. The van der Waals surface area contributed by atoms with Gasteiger partial charge in [-0.05, 0) is 38.2 Å². The molecule has 5 rings (SSSR count). The van der Waals surface area contributed by atoms with Crippen molar-refractivity contribution in [3.63, 3.8) is 0 Å². The van der Waals surface area contributed by atoms with Gasteiger partial charge in [0.05, 0.1) is 16.6 Å². The maximum atomic E-state index is 14.4. The summed E-state index contributed by atoms with van der Waals surface area (Å²) in [6.07, 6.45) is 11.3. The van der Waals surface area contributed by atoms with Gasteiger partial charge in [-0.1, -0.05) is 61.6 Å². The van der Waals surface area contributed by atoms with Gasteiger partial charge in [0.2, 0.25) is 17.7 Å². The van der Waals surface area contributed by atoms with Crippen LogP contribution in [0.5, 0.6) is 0 Å². The fourth-order valence-corrected chi connectivity index (χ4v) is 9.00. The molecule has 4 heterocycles. The van der Waals surface area contributed by atoms with Crippen molar-refractivity contribution in [3.05, 3.63) is 60.2 Å². The molecular formula is C30H39N3O4S. The van der Waals surface area contributed by atoms with E-state index in [1.165, 1.54) is 0 Å². The van der Waals surface area contributed by atoms with Crippen LogP contribution in [0.15, 0.2) is 54.6 Å². The monoisotopic (exact) mass is 537 g/mol. The predicted octanol–water partition coefficient (Wildman–Crippen LogP) is 3.24. The molecule has 204 valence electrons. The van der Waals surface area contributed by atoms with Crippen LogP contribution in [0.3, 0.4) is 0 Å². The molecule has 4 aliphatic heterocycles. The Balaban J connectivity index is 1.55. The van der Waals surface area contributed by atoms with Gasteiger partial charge in [-0.25, -0.2) is 0 Å². The lowest BCUT2D eigenvalue weighted by Crippen LogP contribution is -2.53. The topological polar surface area (TPSA) is 81.2 Å². The van der Waals surface area contributed by atoms with Gasteiger partial charge >= 0.3 is 0 Å². The van der Waals surface area contributed by atoms with Gasteiger partial charge in [-0.3, -0.25) is 14.4 Å². The van der Waals surface area contributed by atoms with Gasteiger partial charge in [0.15, 0.2) is 0 Å². The lowest BCUT2D eigenvalue weighted by atomic mass is 9.74. The first kappa shape index (κ1) is 27.0. The zero-order valence-electron chi connectivity index (χ0n) is 22.4. The highest BCUT2D eigenvalue weighted by Crippen LogP contribution is 2.65. The fourth-order valence-electron chi connectivity index (χ4n) is 6.85. The molecule has 0 saturated carbocycles. The van der Waals surface area contributed by atoms with Crippen molar-refractivity contribution < 1.29 is 19.5 Å². The number of fused-ring (bicyclic) bond motifs is 2. The summed E-state index contributed by atoms with van der Waals surface area (Å²) in [7, 11) is 0. The summed E-state index contributed by atoms with van der Waals surface area (Å²) in [6, 6.07) is 9.28. The number of rotatable bonds is 9. The minimum atomic E-state index is -0.800. The van der Waals surface area contributed by atoms with E-state index in [-0.39, 0.29) is 24.3 Å². The number of amides is 3. The Morgan fingerprint density at radius 3 is 2.37 bits per heavy atom. The summed E-state index contributed by atoms with van der Waals surface area (Å²) in [5.41, 5.74) is 1.05. The number of thioether (sulfide) groups is 1. The molecular weight excluding hydrogens is 498 g/mol. The molecule has 1 aromatic carbocycles. The average Bonchev–Trinajstić information content (AvgIpc) is 3.18. The van der Waals surface area contributed by atoms with Crippen LogP contribution in [0.4, 0.5) is 0 Å². The lowest BCUT2D eigenvalue weighted by Gasteiger charge is -2.37. The minimum Gasteiger partial charge on any atom is -0.396 e. The Hall–Kier alpha value is -2.58. The molecule has 0 radical (unpaired) electrons. The van der Waals surface area contributed by atoms with Crippen molar-refractivity contribution in [1.29, 1.82) is 0 Å². The number of hydrogen-bond donors (Lipinski definition) is 1. The second-order valence-corrected chi connectivity index (χ2v) is 12.9. The van der Waals surface area contributed by atoms with Crippen molar-refractivity contribution >= 4 is 29.5 Å². The van der Waals surface area contributed by atoms with Gasteiger partial charge < -0.3 is 19.8 Å². The molecule has 8 heteroatoms. The number of hydrogen-bond acceptors (Lipinski definition) is 5. The van der Waals surface area contributed by atoms with Crippen molar-refractivity contribution in [2.75, 3.05) is 32.8 Å². The van der Waals surface area contributed by atoms with Crippen molar-refractivity contribution in [3.8, 4) is 0 Å². The number of aliphatic hydroxyl groups excluding tert-OH is 1. The first-order valence-corrected chi connectivity index (χ1v) is 14.8. The molecule has 3 amide bonds. The van der Waals surface area contributed by atoms with Crippen molar-refractivity contribution in [2.45, 2.75) is 61.6 Å². The molecule has 2 fully saturated rings. The summed E-state index contributed by atoms with van der Waals surface area (Å²) in [5.74, 6) is -1.22. The van der Waals surface area contributed by atoms with Crippen molar-refractivity contribution in [1.82, 2.24) is 14.7 Å². The summed E-state index contributed by atoms with van der Waals surface area (Å²) in [4.78, 5) is 48.2. The Morgan fingerprint density at radius 1 is 0.895 bits per heavy atom. The quantitative estimate of drug-likeness (QED) is 0.386. The zero-order valence-corrected chi connectivity index (χ0v) is 23.2. The van der Waals surface area contributed by atoms with Crippen molar-refractivity contribution in [2.24, 2.45) is 11.8 Å². The summed E-state index contributed by atoms with van der Waals surface area (Å²) >= 11 is 1.64. The predicted molar refractivity (Wildman–Crippen MR) is 149 cm³/mol. The standard InChI is InChI=1S/C30H39N3O4S/c1-3-16-31-17-10-14-29(2)23(26(31)35)24-27(36)33(19-8-5-9-20-34)25-28(37)32(18-11-15-30(24,25)38-29)21-22-12-6-4-7-13-22/h4,6-7,10-15,23-25,34H,3,5,8-9,16-21H2,1-2H3/t23-,24-,25?,29+,30-/m0/s1. The molecule has 0 aromatic heterocycles. The number of carbonyl (C=O) groups excluding carboxylic acids is 3. The fraction of sp³-hybridized carbons (Fsp3) is 0.567. The van der Waals surface area contributed by atoms with Crippen LogP contribution < -0.4 is 0 Å². The molecule has 2 saturated heterocycles. The van der Waals surface area contributed by atoms with Crippen LogP contribution in [0.2, 0.25) is 0 Å². The SMILES string of the molecule is CCCN1CC=C[C@@]2(C)S[C@]34C=CCN(Cc5ccccc5)C(=O)C3N(CCCCCO)C(=O)[C@@H]4[C@H]2C1=O. The Kier molecular flexibility index (Phi) is 7.74. The molecule has 7 nitrogen and oxygen atoms in total. The maximum absolute atomic E-state index is 14.4. The summed E-state index contributed by atoms with van der Waals surface area (Å²) < 4.78 is -1.37. The number of carbonyl (C=O) groups is 3. The third-order valence-electron chi connectivity index (χ3n) is 8.49. The summed E-state index contributed by atoms with van der Waals surface area (Å²) in [6.45, 7) is 6.85. The maximum Gasteiger partial charge on any atom is 0.247 e. The first-order valence-electron chi connectivity index (χ1n) is 13.9. The molecule has 1 N–H and O–H groups in total. The average molecular weight is 538 g/mol. The van der Waals surface area contributed by atoms with E-state index in [1.807, 2.05) is 46.2 Å². The van der Waals surface area contributed by atoms with Gasteiger partial charge in [-0.2, -0.15) is 0 Å². The van der Waals surface area contributed by atoms with E-state index in [1.54, 1.807) is 16.7 Å². The van der Waals surface area contributed by atoms with E-state index < -0.39 is 27.4 Å². The molecule has 38 heavy (non-hydrogen) atoms. The van der Waals surface area contributed by atoms with Crippen LogP contribution in [0.25, 0.3) is 0 Å². The lowest BCUT2D eigenvalue weighted by molar-refractivity contribution is -0.145. The first-order chi connectivity index (χ1) is 18.4. The Bertz CT molecular complexity index is 1120. The number of benzene rings is 1. The molecule has 1 spiro atoms. The second-order valence-electron chi connectivity index (χ2n) is 11.1. The molecule has 4 aliphatic rings. The number of aliphatic hydroxyl groups is 1. The third-order valence-corrected chi connectivity index (χ3v) is 10.3. The Labute approximate surface area is 229 Å². The van der Waals surface area contributed by atoms with Gasteiger partial charge in [0, 0.05) is 44.1 Å². The van der Waals surface area contributed by atoms with E-state index in [0.717, 1.165) is 18.4 Å². The van der Waals surface area contributed by atoms with E-state index in [2.05, 4.69) is 32.1 Å². The van der Waals surface area contributed by atoms with Crippen LogP contribution >= 0.6 is 11.8 Å². The molecule has 1 aromatic rings. The molecule has 0 bridgehead atoms.